The number of unbranched alkanes of at least 4 members (excludes halogenated alkanes) is 28. The highest BCUT2D eigenvalue weighted by Gasteiger charge is 2.27. The molecule has 9 heteroatoms. The second-order valence-corrected chi connectivity index (χ2v) is 18.9. The number of allylic oxidation sites excluding steroid dienone is 3. The molecule has 0 saturated carbocycles. The number of phosphoric ester groups is 1. The van der Waals surface area contributed by atoms with Crippen LogP contribution in [-0.2, 0) is 18.4 Å². The van der Waals surface area contributed by atoms with E-state index in [2.05, 4.69) is 31.3 Å². The van der Waals surface area contributed by atoms with Crippen molar-refractivity contribution < 1.29 is 32.9 Å². The molecule has 0 saturated heterocycles. The Balaban J connectivity index is 4.28. The van der Waals surface area contributed by atoms with E-state index >= 15 is 0 Å². The van der Waals surface area contributed by atoms with Gasteiger partial charge in [0.25, 0.3) is 0 Å². The van der Waals surface area contributed by atoms with Crippen LogP contribution in [0.15, 0.2) is 24.3 Å². The predicted molar refractivity (Wildman–Crippen MR) is 240 cm³/mol. The fourth-order valence-electron chi connectivity index (χ4n) is 6.86. The maximum atomic E-state index is 12.9. The zero-order valence-electron chi connectivity index (χ0n) is 37.6. The molecule has 0 aromatic heterocycles. The van der Waals surface area contributed by atoms with E-state index in [0.717, 1.165) is 38.5 Å². The van der Waals surface area contributed by atoms with Gasteiger partial charge in [-0.05, 0) is 44.9 Å². The monoisotopic (exact) mass is 814 g/mol. The van der Waals surface area contributed by atoms with E-state index in [0.29, 0.717) is 17.4 Å². The van der Waals surface area contributed by atoms with E-state index < -0.39 is 20.0 Å². The smallest absolute Gasteiger partial charge is 0.387 e. The van der Waals surface area contributed by atoms with Crippen molar-refractivity contribution in [3.05, 3.63) is 24.3 Å². The minimum Gasteiger partial charge on any atom is -0.387 e. The molecular formula is C47H94N2O6P+. The maximum Gasteiger partial charge on any atom is 0.472 e. The SMILES string of the molecule is CCCCCCCCCCCC/C=C/C(O)C(COP(=O)(O)OCC[N+](C)(C)C)NC(=O)CCCCCCCCC/C=C\CCCCCCCCCCCCC. The van der Waals surface area contributed by atoms with E-state index in [9.17, 15) is 19.4 Å². The van der Waals surface area contributed by atoms with Crippen LogP contribution >= 0.6 is 7.82 Å². The average Bonchev–Trinajstić information content (AvgIpc) is 3.15. The molecule has 0 bridgehead atoms. The summed E-state index contributed by atoms with van der Waals surface area (Å²) >= 11 is 0. The summed E-state index contributed by atoms with van der Waals surface area (Å²) in [5, 5.41) is 13.8. The Bertz CT molecular complexity index is 969. The number of phosphoric acid groups is 1. The second kappa shape index (κ2) is 39.4. The van der Waals surface area contributed by atoms with Crippen molar-refractivity contribution in [2.45, 2.75) is 231 Å². The van der Waals surface area contributed by atoms with Gasteiger partial charge in [0.2, 0.25) is 5.91 Å². The van der Waals surface area contributed by atoms with Gasteiger partial charge in [-0.3, -0.25) is 13.8 Å². The molecule has 56 heavy (non-hydrogen) atoms. The molecule has 0 aliphatic rings. The summed E-state index contributed by atoms with van der Waals surface area (Å²) in [6.07, 6.45) is 46.8. The predicted octanol–water partition coefficient (Wildman–Crippen LogP) is 13.3. The van der Waals surface area contributed by atoms with Crippen LogP contribution in [0.5, 0.6) is 0 Å². The van der Waals surface area contributed by atoms with E-state index in [-0.39, 0.29) is 19.1 Å². The third kappa shape index (κ3) is 41.2. The zero-order chi connectivity index (χ0) is 41.4. The minimum atomic E-state index is -4.33. The highest BCUT2D eigenvalue weighted by molar-refractivity contribution is 7.47. The molecule has 3 N–H and O–H groups in total. The van der Waals surface area contributed by atoms with Gasteiger partial charge in [-0.15, -0.1) is 0 Å². The van der Waals surface area contributed by atoms with E-state index in [4.69, 9.17) is 9.05 Å². The van der Waals surface area contributed by atoms with Gasteiger partial charge < -0.3 is 19.8 Å². The van der Waals surface area contributed by atoms with Gasteiger partial charge in [0.15, 0.2) is 0 Å². The summed E-state index contributed by atoms with van der Waals surface area (Å²) in [4.78, 5) is 23.1. The molecule has 332 valence electrons. The van der Waals surface area contributed by atoms with E-state index in [1.54, 1.807) is 6.08 Å². The number of quaternary nitrogens is 1. The number of hydrogen-bond donors (Lipinski definition) is 3. The Hall–Kier alpha value is -1.02. The van der Waals surface area contributed by atoms with Gasteiger partial charge in [-0.2, -0.15) is 0 Å². The summed E-state index contributed by atoms with van der Waals surface area (Å²) in [5.41, 5.74) is 0. The summed E-state index contributed by atoms with van der Waals surface area (Å²) in [6.45, 7) is 4.81. The molecule has 3 atom stereocenters. The Labute approximate surface area is 347 Å². The molecule has 0 radical (unpaired) electrons. The molecule has 0 heterocycles. The topological polar surface area (TPSA) is 105 Å². The van der Waals surface area contributed by atoms with Crippen LogP contribution in [0.4, 0.5) is 0 Å². The number of carbonyl (C=O) groups is 1. The molecule has 0 rings (SSSR count). The van der Waals surface area contributed by atoms with Crippen molar-refractivity contribution in [2.75, 3.05) is 40.9 Å². The van der Waals surface area contributed by atoms with Crippen molar-refractivity contribution in [3.63, 3.8) is 0 Å². The number of nitrogens with zero attached hydrogens (tertiary/aromatic N) is 1. The molecule has 3 unspecified atom stereocenters. The first-order chi connectivity index (χ1) is 27.0. The van der Waals surface area contributed by atoms with Crippen LogP contribution in [0, 0.1) is 0 Å². The highest BCUT2D eigenvalue weighted by atomic mass is 31.2. The lowest BCUT2D eigenvalue weighted by Gasteiger charge is -2.25. The minimum absolute atomic E-state index is 0.0617. The number of rotatable bonds is 43. The van der Waals surface area contributed by atoms with Gasteiger partial charge in [-0.1, -0.05) is 192 Å². The Morgan fingerprint density at radius 3 is 1.38 bits per heavy atom. The standard InChI is InChI=1S/C47H93N2O6P/c1-6-8-10-12-14-16-18-20-21-22-23-24-25-26-27-28-29-31-33-35-37-39-41-47(51)48-45(44-55-56(52,53)54-43-42-49(3,4)5)46(50)40-38-36-34-32-30-19-17-15-13-11-9-7-2/h25-26,38,40,45-46,50H,6-24,27-37,39,41-44H2,1-5H3,(H-,48,51,52,53)/p+1/b26-25-,40-38+. The summed E-state index contributed by atoms with van der Waals surface area (Å²) in [6, 6.07) is -0.845. The molecule has 0 aromatic carbocycles. The fraction of sp³-hybridized carbons (Fsp3) is 0.894. The normalized spacial score (nSPS) is 14.5. The fourth-order valence-corrected chi connectivity index (χ4v) is 7.60. The number of hydrogen-bond acceptors (Lipinski definition) is 5. The number of aliphatic hydroxyl groups is 1. The summed E-state index contributed by atoms with van der Waals surface area (Å²) in [7, 11) is 1.57. The van der Waals surface area contributed by atoms with Crippen molar-refractivity contribution in [3.8, 4) is 0 Å². The zero-order valence-corrected chi connectivity index (χ0v) is 38.5. The average molecular weight is 814 g/mol. The lowest BCUT2D eigenvalue weighted by Crippen LogP contribution is -2.45. The Kier molecular flexibility index (Phi) is 38.7. The Morgan fingerprint density at radius 1 is 0.589 bits per heavy atom. The van der Waals surface area contributed by atoms with Gasteiger partial charge in [0.05, 0.1) is 39.9 Å². The lowest BCUT2D eigenvalue weighted by molar-refractivity contribution is -0.870. The second-order valence-electron chi connectivity index (χ2n) is 17.5. The molecule has 1 amide bonds. The van der Waals surface area contributed by atoms with Crippen LogP contribution in [0.1, 0.15) is 219 Å². The van der Waals surface area contributed by atoms with Crippen molar-refractivity contribution >= 4 is 13.7 Å². The molecule has 0 fully saturated rings. The summed E-state index contributed by atoms with van der Waals surface area (Å²) in [5.74, 6) is -0.181. The maximum absolute atomic E-state index is 12.9. The van der Waals surface area contributed by atoms with Gasteiger partial charge in [-0.25, -0.2) is 4.57 Å². The number of amides is 1. The van der Waals surface area contributed by atoms with E-state index in [1.807, 2.05) is 27.2 Å². The highest BCUT2D eigenvalue weighted by Crippen LogP contribution is 2.43. The van der Waals surface area contributed by atoms with Crippen molar-refractivity contribution in [2.24, 2.45) is 0 Å². The number of nitrogens with one attached hydrogen (secondary N) is 1. The van der Waals surface area contributed by atoms with Crippen LogP contribution in [0.3, 0.4) is 0 Å². The summed E-state index contributed by atoms with van der Waals surface area (Å²) < 4.78 is 23.6. The van der Waals surface area contributed by atoms with Crippen LogP contribution < -0.4 is 5.32 Å². The molecule has 0 aromatic rings. The molecule has 0 aliphatic heterocycles. The molecule has 8 nitrogen and oxygen atoms in total. The number of aliphatic hydroxyl groups excluding tert-OH is 1. The van der Waals surface area contributed by atoms with Crippen LogP contribution in [0.25, 0.3) is 0 Å². The van der Waals surface area contributed by atoms with Crippen molar-refractivity contribution in [1.29, 1.82) is 0 Å². The van der Waals surface area contributed by atoms with Gasteiger partial charge in [0, 0.05) is 6.42 Å². The van der Waals surface area contributed by atoms with Crippen LogP contribution in [-0.4, -0.2) is 73.4 Å². The number of carbonyl (C=O) groups excluding carboxylic acids is 1. The largest absolute Gasteiger partial charge is 0.472 e. The van der Waals surface area contributed by atoms with Crippen molar-refractivity contribution in [1.82, 2.24) is 5.32 Å². The van der Waals surface area contributed by atoms with E-state index in [1.165, 1.54) is 161 Å². The Morgan fingerprint density at radius 2 is 0.964 bits per heavy atom. The third-order valence-corrected chi connectivity index (χ3v) is 11.6. The number of likely N-dealkylation sites (N-methyl/N-ethyl adjacent to an activating group) is 1. The molecular weight excluding hydrogens is 719 g/mol. The lowest BCUT2D eigenvalue weighted by atomic mass is 10.0. The quantitative estimate of drug-likeness (QED) is 0.0245. The molecule has 0 aliphatic carbocycles. The van der Waals surface area contributed by atoms with Crippen LogP contribution in [0.2, 0.25) is 0 Å². The molecule has 0 spiro atoms. The van der Waals surface area contributed by atoms with Gasteiger partial charge >= 0.3 is 7.82 Å². The first-order valence-corrected chi connectivity index (χ1v) is 25.2. The van der Waals surface area contributed by atoms with Gasteiger partial charge in [0.1, 0.15) is 13.2 Å². The third-order valence-electron chi connectivity index (χ3n) is 10.7. The first kappa shape index (κ1) is 55.0. The first-order valence-electron chi connectivity index (χ1n) is 23.7.